The number of allylic oxidation sites excluding steroid dienone is 3. The highest BCUT2D eigenvalue weighted by Crippen LogP contribution is 2.64. The molecular weight excluding hydrogens is 272 g/mol. The summed E-state index contributed by atoms with van der Waals surface area (Å²) in [4.78, 5) is 1.18. The summed E-state index contributed by atoms with van der Waals surface area (Å²) in [5.74, 6) is 1.30. The van der Waals surface area contributed by atoms with Crippen LogP contribution < -0.4 is 0 Å². The van der Waals surface area contributed by atoms with Gasteiger partial charge in [-0.05, 0) is 48.5 Å². The van der Waals surface area contributed by atoms with Gasteiger partial charge in [0.25, 0.3) is 0 Å². The van der Waals surface area contributed by atoms with Crippen molar-refractivity contribution in [1.29, 1.82) is 0 Å². The van der Waals surface area contributed by atoms with E-state index in [1.54, 1.807) is 0 Å². The molecule has 120 valence electrons. The van der Waals surface area contributed by atoms with Gasteiger partial charge in [-0.2, -0.15) is 0 Å². The van der Waals surface area contributed by atoms with E-state index in [9.17, 15) is 0 Å². The number of rotatable bonds is 6. The Morgan fingerprint density at radius 1 is 1.19 bits per heavy atom. The molecule has 1 fully saturated rings. The van der Waals surface area contributed by atoms with Gasteiger partial charge in [0.2, 0.25) is 0 Å². The quantitative estimate of drug-likeness (QED) is 0.382. The molecule has 0 N–H and O–H groups in total. The lowest BCUT2D eigenvalue weighted by atomic mass is 9.48. The van der Waals surface area contributed by atoms with Crippen LogP contribution in [0.5, 0.6) is 0 Å². The van der Waals surface area contributed by atoms with Gasteiger partial charge in [-0.1, -0.05) is 66.3 Å². The van der Waals surface area contributed by atoms with Gasteiger partial charge in [0.15, 0.2) is 0 Å². The average molecular weight is 307 g/mol. The molecule has 0 heterocycles. The molecule has 0 nitrogen and oxygen atoms in total. The van der Waals surface area contributed by atoms with Crippen molar-refractivity contribution in [2.24, 2.45) is 22.7 Å². The van der Waals surface area contributed by atoms with Crippen LogP contribution in [0.4, 0.5) is 0 Å². The van der Waals surface area contributed by atoms with Gasteiger partial charge in [-0.3, -0.25) is 0 Å². The second-order valence-electron chi connectivity index (χ2n) is 8.03. The summed E-state index contributed by atoms with van der Waals surface area (Å²) in [6.07, 6.45) is 3.22. The van der Waals surface area contributed by atoms with Crippen molar-refractivity contribution in [2.45, 2.75) is 67.1 Å². The average Bonchev–Trinajstić information content (AvgIpc) is 2.41. The molecule has 1 saturated carbocycles. The summed E-state index contributed by atoms with van der Waals surface area (Å²) in [6.45, 7) is 27.1. The third kappa shape index (κ3) is 3.50. The predicted octanol–water partition coefficient (Wildman–Crippen LogP) is 6.85. The topological polar surface area (TPSA) is 0 Å². The summed E-state index contributed by atoms with van der Waals surface area (Å²) >= 11 is 1.96. The van der Waals surface area contributed by atoms with Crippen LogP contribution in [0.1, 0.15) is 61.8 Å². The maximum absolute atomic E-state index is 4.31. The van der Waals surface area contributed by atoms with Gasteiger partial charge >= 0.3 is 0 Å². The lowest BCUT2D eigenvalue weighted by Crippen LogP contribution is -2.60. The minimum absolute atomic E-state index is 0.377. The first-order chi connectivity index (χ1) is 9.46. The van der Waals surface area contributed by atoms with Crippen molar-refractivity contribution in [3.8, 4) is 0 Å². The highest BCUT2D eigenvalue weighted by Gasteiger charge is 2.59. The summed E-state index contributed by atoms with van der Waals surface area (Å²) in [5.41, 5.74) is 3.40. The molecule has 0 amide bonds. The molecule has 0 spiro atoms. The zero-order valence-corrected chi connectivity index (χ0v) is 16.2. The second-order valence-corrected chi connectivity index (χ2v) is 9.23. The van der Waals surface area contributed by atoms with Crippen LogP contribution in [0.3, 0.4) is 0 Å². The fourth-order valence-electron chi connectivity index (χ4n) is 3.73. The van der Waals surface area contributed by atoms with Crippen LogP contribution >= 0.6 is 11.8 Å². The van der Waals surface area contributed by atoms with Gasteiger partial charge in [0.1, 0.15) is 0 Å². The molecule has 1 rings (SSSR count). The van der Waals surface area contributed by atoms with E-state index < -0.39 is 0 Å². The molecule has 1 heteroatoms. The van der Waals surface area contributed by atoms with Crippen molar-refractivity contribution >= 4 is 11.8 Å². The molecule has 0 aromatic carbocycles. The van der Waals surface area contributed by atoms with E-state index in [4.69, 9.17) is 0 Å². The van der Waals surface area contributed by atoms with Crippen molar-refractivity contribution < 1.29 is 0 Å². The fourth-order valence-corrected chi connectivity index (χ4v) is 5.28. The molecule has 1 atom stereocenters. The van der Waals surface area contributed by atoms with Crippen LogP contribution in [0.2, 0.25) is 0 Å². The van der Waals surface area contributed by atoms with Gasteiger partial charge < -0.3 is 0 Å². The Bertz CT molecular complexity index is 434. The van der Waals surface area contributed by atoms with E-state index in [0.717, 1.165) is 12.3 Å². The first-order valence-corrected chi connectivity index (χ1v) is 9.00. The molecule has 0 aromatic rings. The molecule has 0 saturated heterocycles. The second kappa shape index (κ2) is 6.36. The summed E-state index contributed by atoms with van der Waals surface area (Å²) in [5, 5.41) is 0.627. The third-order valence-corrected chi connectivity index (χ3v) is 8.05. The third-order valence-electron chi connectivity index (χ3n) is 6.02. The summed E-state index contributed by atoms with van der Waals surface area (Å²) in [6, 6.07) is 0. The fraction of sp³-hybridized carbons (Fsp3) is 0.700. The maximum Gasteiger partial charge on any atom is 0.0202 e. The molecular formula is C20H34S. The van der Waals surface area contributed by atoms with E-state index >= 15 is 0 Å². The van der Waals surface area contributed by atoms with E-state index in [1.807, 2.05) is 11.8 Å². The molecule has 1 aliphatic rings. The molecule has 1 unspecified atom stereocenters. The Kier molecular flexibility index (Phi) is 5.64. The van der Waals surface area contributed by atoms with Crippen molar-refractivity contribution in [3.05, 3.63) is 35.3 Å². The van der Waals surface area contributed by atoms with Crippen LogP contribution in [0, 0.1) is 22.7 Å². The first kappa shape index (κ1) is 18.6. The molecule has 1 aliphatic carbocycles. The Morgan fingerprint density at radius 3 is 2.10 bits per heavy atom. The molecule has 0 radical (unpaired) electrons. The van der Waals surface area contributed by atoms with E-state index in [2.05, 4.69) is 74.6 Å². The summed E-state index contributed by atoms with van der Waals surface area (Å²) < 4.78 is 0. The highest BCUT2D eigenvalue weighted by molar-refractivity contribution is 8.04. The molecule has 0 bridgehead atoms. The van der Waals surface area contributed by atoms with Gasteiger partial charge in [0.05, 0.1) is 0 Å². The van der Waals surface area contributed by atoms with Crippen LogP contribution in [-0.4, -0.2) is 5.25 Å². The lowest BCUT2D eigenvalue weighted by molar-refractivity contribution is -0.0544. The largest absolute Gasteiger partial charge is 0.122 e. The van der Waals surface area contributed by atoms with E-state index in [-0.39, 0.29) is 0 Å². The Morgan fingerprint density at radius 2 is 1.67 bits per heavy atom. The summed E-state index contributed by atoms with van der Waals surface area (Å²) in [7, 11) is 0. The minimum Gasteiger partial charge on any atom is -0.122 e. The lowest BCUT2D eigenvalue weighted by Gasteiger charge is -2.63. The van der Waals surface area contributed by atoms with Gasteiger partial charge in [-0.25, -0.2) is 0 Å². The van der Waals surface area contributed by atoms with Crippen molar-refractivity contribution in [3.63, 3.8) is 0 Å². The highest BCUT2D eigenvalue weighted by atomic mass is 32.2. The molecule has 0 aromatic heterocycles. The standard InChI is InChI=1S/C20H34S/c1-11-13(2)14(3)12-15(4)16(5)21-18-19(7,8)17(6)20(18,9)10/h11,14,17-18H,4-5,12H2,1-3,6-10H3/b13-11-. The van der Waals surface area contributed by atoms with Gasteiger partial charge in [-0.15, -0.1) is 11.8 Å². The predicted molar refractivity (Wildman–Crippen MR) is 99.6 cm³/mol. The van der Waals surface area contributed by atoms with E-state index in [1.165, 1.54) is 16.1 Å². The van der Waals surface area contributed by atoms with Crippen LogP contribution in [0.25, 0.3) is 0 Å². The zero-order chi connectivity index (χ0) is 16.6. The molecule has 0 aliphatic heterocycles. The smallest absolute Gasteiger partial charge is 0.0202 e. The normalized spacial score (nSPS) is 28.7. The number of hydrogen-bond acceptors (Lipinski definition) is 1. The maximum atomic E-state index is 4.31. The monoisotopic (exact) mass is 306 g/mol. The van der Waals surface area contributed by atoms with Crippen LogP contribution in [0.15, 0.2) is 35.3 Å². The van der Waals surface area contributed by atoms with Gasteiger partial charge in [0, 0.05) is 10.2 Å². The molecule has 21 heavy (non-hydrogen) atoms. The number of hydrogen-bond donors (Lipinski definition) is 0. The first-order valence-electron chi connectivity index (χ1n) is 8.12. The Balaban J connectivity index is 2.68. The SMILES string of the molecule is C=C(CC(C)/C(C)=C\C)C(=C)SC1C(C)(C)C(C)C1(C)C. The number of thioether (sulfide) groups is 1. The Hall–Kier alpha value is -0.430. The van der Waals surface area contributed by atoms with Crippen molar-refractivity contribution in [2.75, 3.05) is 0 Å². The minimum atomic E-state index is 0.377. The Labute approximate surface area is 137 Å². The van der Waals surface area contributed by atoms with Crippen molar-refractivity contribution in [1.82, 2.24) is 0 Å². The zero-order valence-electron chi connectivity index (χ0n) is 15.3. The van der Waals surface area contributed by atoms with E-state index in [0.29, 0.717) is 22.0 Å². The van der Waals surface area contributed by atoms with Crippen LogP contribution in [-0.2, 0) is 0 Å².